The highest BCUT2D eigenvalue weighted by Crippen LogP contribution is 2.21. The van der Waals surface area contributed by atoms with Crippen molar-refractivity contribution in [2.45, 2.75) is 26.3 Å². The summed E-state index contributed by atoms with van der Waals surface area (Å²) in [6, 6.07) is 7.23. The van der Waals surface area contributed by atoms with E-state index in [9.17, 15) is 0 Å². The van der Waals surface area contributed by atoms with Gasteiger partial charge < -0.3 is 10.1 Å². The van der Waals surface area contributed by atoms with E-state index in [1.165, 1.54) is 16.7 Å². The summed E-state index contributed by atoms with van der Waals surface area (Å²) < 4.78 is 5.06. The fourth-order valence-electron chi connectivity index (χ4n) is 2.06. The van der Waals surface area contributed by atoms with Gasteiger partial charge in [-0.3, -0.25) is 0 Å². The van der Waals surface area contributed by atoms with Gasteiger partial charge in [-0.2, -0.15) is 11.8 Å². The Labute approximate surface area is 116 Å². The minimum absolute atomic E-state index is 0.441. The molecule has 0 aliphatic heterocycles. The van der Waals surface area contributed by atoms with Gasteiger partial charge >= 0.3 is 0 Å². The van der Waals surface area contributed by atoms with E-state index in [1.54, 1.807) is 7.11 Å². The van der Waals surface area contributed by atoms with E-state index >= 15 is 0 Å². The molecule has 1 rings (SSSR count). The molecule has 0 bridgehead atoms. The summed E-state index contributed by atoms with van der Waals surface area (Å²) in [5, 5.41) is 3.41. The Morgan fingerprint density at radius 2 is 1.89 bits per heavy atom. The van der Waals surface area contributed by atoms with E-state index in [0.29, 0.717) is 6.04 Å². The molecule has 2 nitrogen and oxygen atoms in total. The summed E-state index contributed by atoms with van der Waals surface area (Å²) in [5.41, 5.74) is 4.08. The quantitative estimate of drug-likeness (QED) is 0.730. The molecule has 0 spiro atoms. The topological polar surface area (TPSA) is 21.3 Å². The highest BCUT2D eigenvalue weighted by molar-refractivity contribution is 7.99. The van der Waals surface area contributed by atoms with Crippen LogP contribution in [0.25, 0.3) is 0 Å². The van der Waals surface area contributed by atoms with Gasteiger partial charge in [0.05, 0.1) is 0 Å². The Kier molecular flexibility index (Phi) is 7.40. The SMILES string of the molecule is CNC(CSCCCOC)c1cc(C)cc(C)c1. The van der Waals surface area contributed by atoms with Crippen molar-refractivity contribution in [1.29, 1.82) is 0 Å². The van der Waals surface area contributed by atoms with Crippen molar-refractivity contribution < 1.29 is 4.74 Å². The first kappa shape index (κ1) is 15.5. The van der Waals surface area contributed by atoms with E-state index in [1.807, 2.05) is 18.8 Å². The third-order valence-corrected chi connectivity index (χ3v) is 4.06. The van der Waals surface area contributed by atoms with Gasteiger partial charge in [0.15, 0.2) is 0 Å². The third kappa shape index (κ3) is 5.42. The zero-order valence-electron chi connectivity index (χ0n) is 12.0. The van der Waals surface area contributed by atoms with Crippen LogP contribution in [0.3, 0.4) is 0 Å². The van der Waals surface area contributed by atoms with Crippen LogP contribution >= 0.6 is 11.8 Å². The van der Waals surface area contributed by atoms with Gasteiger partial charge in [0.1, 0.15) is 0 Å². The van der Waals surface area contributed by atoms with Gasteiger partial charge in [-0.25, -0.2) is 0 Å². The van der Waals surface area contributed by atoms with Gasteiger partial charge in [-0.05, 0) is 38.6 Å². The van der Waals surface area contributed by atoms with E-state index in [4.69, 9.17) is 4.74 Å². The summed E-state index contributed by atoms with van der Waals surface area (Å²) in [6.07, 6.45) is 1.13. The number of ether oxygens (including phenoxy) is 1. The Morgan fingerprint density at radius 1 is 1.22 bits per heavy atom. The number of thioether (sulfide) groups is 1. The fourth-order valence-corrected chi connectivity index (χ4v) is 3.15. The van der Waals surface area contributed by atoms with Crippen molar-refractivity contribution in [3.63, 3.8) is 0 Å². The first-order chi connectivity index (χ1) is 8.67. The third-order valence-electron chi connectivity index (χ3n) is 2.92. The maximum Gasteiger partial charge on any atom is 0.0470 e. The van der Waals surface area contributed by atoms with Crippen LogP contribution in [-0.4, -0.2) is 32.3 Å². The second kappa shape index (κ2) is 8.57. The molecular weight excluding hydrogens is 242 g/mol. The number of benzene rings is 1. The molecule has 0 aromatic heterocycles. The molecule has 3 heteroatoms. The van der Waals surface area contributed by atoms with E-state index < -0.39 is 0 Å². The molecule has 18 heavy (non-hydrogen) atoms. The van der Waals surface area contributed by atoms with Crippen LogP contribution in [0.1, 0.15) is 29.2 Å². The molecule has 0 saturated heterocycles. The Morgan fingerprint density at radius 3 is 2.44 bits per heavy atom. The average molecular weight is 267 g/mol. The van der Waals surface area contributed by atoms with E-state index in [-0.39, 0.29) is 0 Å². The number of hydrogen-bond acceptors (Lipinski definition) is 3. The molecule has 1 atom stereocenters. The second-order valence-corrected chi connectivity index (χ2v) is 5.83. The van der Waals surface area contributed by atoms with Crippen molar-refractivity contribution in [2.75, 3.05) is 32.3 Å². The summed E-state index contributed by atoms with van der Waals surface area (Å²) in [7, 11) is 3.80. The summed E-state index contributed by atoms with van der Waals surface area (Å²) in [4.78, 5) is 0. The van der Waals surface area contributed by atoms with Gasteiger partial charge in [-0.15, -0.1) is 0 Å². The Hall–Kier alpha value is -0.510. The molecule has 0 aliphatic rings. The van der Waals surface area contributed by atoms with Crippen LogP contribution in [0.15, 0.2) is 18.2 Å². The minimum Gasteiger partial charge on any atom is -0.385 e. The molecule has 0 amide bonds. The maximum atomic E-state index is 5.06. The van der Waals surface area contributed by atoms with Crippen molar-refractivity contribution >= 4 is 11.8 Å². The minimum atomic E-state index is 0.441. The Bertz CT molecular complexity index is 334. The molecular formula is C15H25NOS. The number of hydrogen-bond donors (Lipinski definition) is 1. The van der Waals surface area contributed by atoms with Crippen LogP contribution in [0, 0.1) is 13.8 Å². The number of rotatable bonds is 8. The molecule has 1 N–H and O–H groups in total. The molecule has 1 unspecified atom stereocenters. The van der Waals surface area contributed by atoms with Gasteiger partial charge in [0.25, 0.3) is 0 Å². The number of methoxy groups -OCH3 is 1. The highest BCUT2D eigenvalue weighted by Gasteiger charge is 2.09. The predicted octanol–water partition coefficient (Wildman–Crippen LogP) is 3.33. The molecule has 0 heterocycles. The van der Waals surface area contributed by atoms with Crippen molar-refractivity contribution in [3.05, 3.63) is 34.9 Å². The number of nitrogens with one attached hydrogen (secondary N) is 1. The maximum absolute atomic E-state index is 5.06. The lowest BCUT2D eigenvalue weighted by molar-refractivity contribution is 0.200. The summed E-state index contributed by atoms with van der Waals surface area (Å²) in [6.45, 7) is 5.19. The van der Waals surface area contributed by atoms with Crippen LogP contribution in [0.4, 0.5) is 0 Å². The Balaban J connectivity index is 2.49. The first-order valence-electron chi connectivity index (χ1n) is 6.49. The van der Waals surface area contributed by atoms with E-state index in [0.717, 1.165) is 24.5 Å². The molecule has 1 aromatic rings. The zero-order chi connectivity index (χ0) is 13.4. The second-order valence-electron chi connectivity index (χ2n) is 4.68. The molecule has 0 saturated carbocycles. The van der Waals surface area contributed by atoms with Crippen molar-refractivity contribution in [1.82, 2.24) is 5.32 Å². The standard InChI is InChI=1S/C15H25NOS/c1-12-8-13(2)10-14(9-12)15(16-3)11-18-7-5-6-17-4/h8-10,15-16H,5-7,11H2,1-4H3. The van der Waals surface area contributed by atoms with Crippen LogP contribution < -0.4 is 5.32 Å². The molecule has 0 fully saturated rings. The molecule has 1 aromatic carbocycles. The van der Waals surface area contributed by atoms with Crippen molar-refractivity contribution in [3.8, 4) is 0 Å². The average Bonchev–Trinajstić information content (AvgIpc) is 2.32. The monoisotopic (exact) mass is 267 g/mol. The van der Waals surface area contributed by atoms with Crippen molar-refractivity contribution in [2.24, 2.45) is 0 Å². The predicted molar refractivity (Wildman–Crippen MR) is 81.5 cm³/mol. The first-order valence-corrected chi connectivity index (χ1v) is 7.65. The molecule has 0 aliphatic carbocycles. The molecule has 0 radical (unpaired) electrons. The molecule has 102 valence electrons. The van der Waals surface area contributed by atoms with Crippen LogP contribution in [-0.2, 0) is 4.74 Å². The van der Waals surface area contributed by atoms with Crippen LogP contribution in [0.2, 0.25) is 0 Å². The normalized spacial score (nSPS) is 12.7. The largest absolute Gasteiger partial charge is 0.385 e. The summed E-state index contributed by atoms with van der Waals surface area (Å²) in [5.74, 6) is 2.28. The lowest BCUT2D eigenvalue weighted by atomic mass is 10.0. The lowest BCUT2D eigenvalue weighted by Crippen LogP contribution is -2.19. The van der Waals surface area contributed by atoms with E-state index in [2.05, 4.69) is 37.4 Å². The zero-order valence-corrected chi connectivity index (χ0v) is 12.8. The smallest absolute Gasteiger partial charge is 0.0470 e. The number of aryl methyl sites for hydroxylation is 2. The highest BCUT2D eigenvalue weighted by atomic mass is 32.2. The van der Waals surface area contributed by atoms with Crippen LogP contribution in [0.5, 0.6) is 0 Å². The van der Waals surface area contributed by atoms with Gasteiger partial charge in [-0.1, -0.05) is 29.3 Å². The fraction of sp³-hybridized carbons (Fsp3) is 0.600. The summed E-state index contributed by atoms with van der Waals surface area (Å²) >= 11 is 1.99. The van der Waals surface area contributed by atoms with Gasteiger partial charge in [0.2, 0.25) is 0 Å². The van der Waals surface area contributed by atoms with Gasteiger partial charge in [0, 0.05) is 25.5 Å². The lowest BCUT2D eigenvalue weighted by Gasteiger charge is -2.17.